The molecule has 0 aliphatic heterocycles. The van der Waals surface area contributed by atoms with Crippen LogP contribution in [0.3, 0.4) is 0 Å². The van der Waals surface area contributed by atoms with Gasteiger partial charge in [-0.3, -0.25) is 15.0 Å². The van der Waals surface area contributed by atoms with Crippen molar-refractivity contribution in [3.05, 3.63) is 224 Å². The van der Waals surface area contributed by atoms with Crippen LogP contribution < -0.4 is 0 Å². The molecule has 1 aliphatic rings. The lowest BCUT2D eigenvalue weighted by atomic mass is 9.96. The van der Waals surface area contributed by atoms with Gasteiger partial charge in [0.2, 0.25) is 0 Å². The Labute approximate surface area is 360 Å². The van der Waals surface area contributed by atoms with Crippen molar-refractivity contribution in [1.82, 2.24) is 24.1 Å². The number of fused-ring (bicyclic) bond motifs is 9. The number of pyridine rings is 3. The van der Waals surface area contributed by atoms with Crippen LogP contribution in [0.4, 0.5) is 0 Å². The Balaban J connectivity index is 0.000000820. The summed E-state index contributed by atoms with van der Waals surface area (Å²) in [5, 5.41) is 2.28. The van der Waals surface area contributed by atoms with Gasteiger partial charge in [-0.25, -0.2) is 0 Å². The van der Waals surface area contributed by atoms with Crippen molar-refractivity contribution < 1.29 is 0 Å². The molecule has 0 saturated carbocycles. The lowest BCUT2D eigenvalue weighted by molar-refractivity contribution is 1.12. The number of nitrogens with zero attached hydrogens (tertiary/aromatic N) is 5. The maximum atomic E-state index is 4.97. The summed E-state index contributed by atoms with van der Waals surface area (Å²) >= 11 is 0. The summed E-state index contributed by atoms with van der Waals surface area (Å²) in [4.78, 5) is 14.5. The first kappa shape index (κ1) is 36.9. The van der Waals surface area contributed by atoms with Crippen LogP contribution in [0.15, 0.2) is 213 Å². The van der Waals surface area contributed by atoms with Gasteiger partial charge in [0.25, 0.3) is 0 Å². The van der Waals surface area contributed by atoms with E-state index < -0.39 is 0 Å². The van der Waals surface area contributed by atoms with Gasteiger partial charge in [0.15, 0.2) is 0 Å². The van der Waals surface area contributed by atoms with Gasteiger partial charge in [0, 0.05) is 47.0 Å². The zero-order valence-electron chi connectivity index (χ0n) is 34.3. The van der Waals surface area contributed by atoms with E-state index in [1.54, 1.807) is 6.08 Å². The normalized spacial score (nSPS) is 11.9. The molecule has 11 aromatic rings. The van der Waals surface area contributed by atoms with E-state index in [2.05, 4.69) is 166 Å². The van der Waals surface area contributed by atoms with Crippen molar-refractivity contribution in [1.29, 1.82) is 0 Å². The fraction of sp³-hybridized carbons (Fsp3) is 0.0351. The lowest BCUT2D eigenvalue weighted by Crippen LogP contribution is -1.99. The highest BCUT2D eigenvalue weighted by Crippen LogP contribution is 2.45. The van der Waals surface area contributed by atoms with Crippen LogP contribution in [0.25, 0.3) is 99.9 Å². The molecule has 0 fully saturated rings. The third-order valence-electron chi connectivity index (χ3n) is 12.1. The van der Waals surface area contributed by atoms with Crippen LogP contribution in [0.2, 0.25) is 0 Å². The first-order valence-electron chi connectivity index (χ1n) is 21.0. The molecule has 0 N–H and O–H groups in total. The molecule has 0 spiro atoms. The Hall–Kier alpha value is -8.15. The number of hydrogen-bond donors (Lipinski definition) is 0. The Kier molecular flexibility index (Phi) is 9.20. The van der Waals surface area contributed by atoms with Crippen molar-refractivity contribution >= 4 is 43.9 Å². The van der Waals surface area contributed by atoms with Gasteiger partial charge in [-0.15, -0.1) is 0 Å². The van der Waals surface area contributed by atoms with E-state index in [9.17, 15) is 0 Å². The number of para-hydroxylation sites is 1. The van der Waals surface area contributed by atoms with Crippen LogP contribution >= 0.6 is 0 Å². The fourth-order valence-electron chi connectivity index (χ4n) is 9.32. The van der Waals surface area contributed by atoms with Crippen molar-refractivity contribution in [2.75, 3.05) is 0 Å². The average molecular weight is 796 g/mol. The number of rotatable bonds is 6. The largest absolute Gasteiger partial charge is 0.308 e. The molecule has 1 aliphatic carbocycles. The SMILES string of the molecule is C=C/C=C\C.c1ccc(-n2c3ccc(-c4ccc5c(c4)-c4cccc(-n6c7ccc(-c8ccccc8-c8ccccn8)cc7c7ncccc76)c4C5)cc3c3ncccc32)cc1. The number of aromatic nitrogens is 5. The molecule has 0 unspecified atom stereocenters. The maximum absolute atomic E-state index is 4.97. The monoisotopic (exact) mass is 795 g/mol. The summed E-state index contributed by atoms with van der Waals surface area (Å²) in [5.74, 6) is 0. The molecule has 12 rings (SSSR count). The van der Waals surface area contributed by atoms with Crippen LogP contribution in [-0.2, 0) is 6.42 Å². The summed E-state index contributed by atoms with van der Waals surface area (Å²) in [6, 6.07) is 60.9. The molecule has 0 radical (unpaired) electrons. The van der Waals surface area contributed by atoms with E-state index in [0.29, 0.717) is 0 Å². The number of benzene rings is 6. The second-order valence-electron chi connectivity index (χ2n) is 15.6. The summed E-state index contributed by atoms with van der Waals surface area (Å²) < 4.78 is 4.73. The fourth-order valence-corrected chi connectivity index (χ4v) is 9.32. The summed E-state index contributed by atoms with van der Waals surface area (Å²) in [5.41, 5.74) is 20.9. The molecular weight excluding hydrogens is 755 g/mol. The third kappa shape index (κ3) is 6.13. The molecule has 0 atom stereocenters. The van der Waals surface area contributed by atoms with Crippen LogP contribution in [0.1, 0.15) is 18.1 Å². The molecule has 6 aromatic carbocycles. The average Bonchev–Trinajstić information content (AvgIpc) is 4.00. The van der Waals surface area contributed by atoms with Crippen molar-refractivity contribution in [2.24, 2.45) is 0 Å². The van der Waals surface area contributed by atoms with Crippen molar-refractivity contribution in [3.8, 4) is 56.0 Å². The second kappa shape index (κ2) is 15.5. The Morgan fingerprint density at radius 3 is 1.84 bits per heavy atom. The zero-order valence-corrected chi connectivity index (χ0v) is 34.3. The minimum Gasteiger partial charge on any atom is -0.308 e. The van der Waals surface area contributed by atoms with Crippen LogP contribution in [0, 0.1) is 0 Å². The molecular formula is C57H41N5. The highest BCUT2D eigenvalue weighted by atomic mass is 15.0. The van der Waals surface area contributed by atoms with E-state index >= 15 is 0 Å². The standard InChI is InChI=1S/C52H33N5.C5H8/c1-2-11-37(12-3-1)56-47-24-22-34(30-43(47)51-49(56)18-9-27-54-51)33-20-21-36-31-42-39(41(36)29-33)15-8-17-46(42)57-48-25-23-35(32-44(48)52-50(57)19-10-28-55-52)38-13-4-5-14-40(38)45-16-6-7-26-53-45;1-3-5-4-2/h1-30,32H,31H2;3-5H,1H2,2H3/b;5-4-. The predicted octanol–water partition coefficient (Wildman–Crippen LogP) is 14.4. The van der Waals surface area contributed by atoms with E-state index in [4.69, 9.17) is 9.97 Å². The van der Waals surface area contributed by atoms with E-state index in [-0.39, 0.29) is 0 Å². The van der Waals surface area contributed by atoms with Gasteiger partial charge in [-0.2, -0.15) is 0 Å². The molecule has 294 valence electrons. The topological polar surface area (TPSA) is 48.5 Å². The molecule has 5 heterocycles. The summed E-state index contributed by atoms with van der Waals surface area (Å²) in [6.45, 7) is 5.42. The van der Waals surface area contributed by atoms with Gasteiger partial charge in [-0.05, 0) is 136 Å². The quantitative estimate of drug-likeness (QED) is 0.158. The highest BCUT2D eigenvalue weighted by molar-refractivity contribution is 6.10. The maximum Gasteiger partial charge on any atom is 0.0963 e. The predicted molar refractivity (Wildman–Crippen MR) is 258 cm³/mol. The molecule has 0 amide bonds. The molecule has 5 nitrogen and oxygen atoms in total. The minimum atomic E-state index is 0.867. The Morgan fingerprint density at radius 1 is 0.484 bits per heavy atom. The number of allylic oxidation sites excluding steroid dienone is 3. The summed E-state index contributed by atoms with van der Waals surface area (Å²) in [7, 11) is 0. The van der Waals surface area contributed by atoms with Gasteiger partial charge >= 0.3 is 0 Å². The highest BCUT2D eigenvalue weighted by Gasteiger charge is 2.25. The van der Waals surface area contributed by atoms with Crippen LogP contribution in [-0.4, -0.2) is 24.1 Å². The Bertz CT molecular complexity index is 3520. The third-order valence-corrected chi connectivity index (χ3v) is 12.1. The molecule has 0 bridgehead atoms. The van der Waals surface area contributed by atoms with Crippen molar-refractivity contribution in [3.63, 3.8) is 0 Å². The van der Waals surface area contributed by atoms with Crippen LogP contribution in [0.5, 0.6) is 0 Å². The van der Waals surface area contributed by atoms with Gasteiger partial charge < -0.3 is 9.13 Å². The molecule has 5 aromatic heterocycles. The lowest BCUT2D eigenvalue weighted by Gasteiger charge is -2.14. The van der Waals surface area contributed by atoms with Gasteiger partial charge in [0.05, 0.1) is 44.5 Å². The minimum absolute atomic E-state index is 0.867. The zero-order chi connectivity index (χ0) is 41.6. The van der Waals surface area contributed by atoms with Crippen molar-refractivity contribution in [2.45, 2.75) is 13.3 Å². The summed E-state index contributed by atoms with van der Waals surface area (Å²) in [6.07, 6.45) is 12.1. The Morgan fingerprint density at radius 2 is 1.11 bits per heavy atom. The van der Waals surface area contributed by atoms with E-state index in [1.165, 1.54) is 39.1 Å². The first-order chi connectivity index (χ1) is 30.7. The molecule has 5 heteroatoms. The van der Waals surface area contributed by atoms with Gasteiger partial charge in [-0.1, -0.05) is 110 Å². The molecule has 62 heavy (non-hydrogen) atoms. The first-order valence-corrected chi connectivity index (χ1v) is 21.0. The van der Waals surface area contributed by atoms with E-state index in [0.717, 1.165) is 78.4 Å². The van der Waals surface area contributed by atoms with Gasteiger partial charge in [0.1, 0.15) is 0 Å². The number of hydrogen-bond acceptors (Lipinski definition) is 3. The van der Waals surface area contributed by atoms with E-state index in [1.807, 2.05) is 61.9 Å². The second-order valence-corrected chi connectivity index (χ2v) is 15.6. The smallest absolute Gasteiger partial charge is 0.0963 e. The molecule has 0 saturated heterocycles.